The second kappa shape index (κ2) is 10.4. The van der Waals surface area contributed by atoms with Crippen LogP contribution in [0.1, 0.15) is 36.7 Å². The summed E-state index contributed by atoms with van der Waals surface area (Å²) >= 11 is 2.27. The zero-order chi connectivity index (χ0) is 24.2. The van der Waals surface area contributed by atoms with Gasteiger partial charge in [-0.05, 0) is 66.6 Å². The minimum atomic E-state index is -0.510. The van der Waals surface area contributed by atoms with E-state index < -0.39 is 17.1 Å². The first-order valence-corrected chi connectivity index (χ1v) is 12.4. The van der Waals surface area contributed by atoms with Gasteiger partial charge in [0.25, 0.3) is 11.1 Å². The molecule has 4 rings (SSSR count). The molecule has 1 aromatic heterocycles. The zero-order valence-electron chi connectivity index (χ0n) is 19.0. The Morgan fingerprint density at radius 1 is 1.06 bits per heavy atom. The molecule has 8 heteroatoms. The number of hydrogen-bond acceptors (Lipinski definition) is 6. The molecule has 1 fully saturated rings. The average molecular weight is 493 g/mol. The number of rotatable bonds is 7. The van der Waals surface area contributed by atoms with Gasteiger partial charge in [0.1, 0.15) is 12.3 Å². The summed E-state index contributed by atoms with van der Waals surface area (Å²) in [5.74, 6) is -0.0897. The molecule has 0 atom stereocenters. The van der Waals surface area contributed by atoms with Gasteiger partial charge >= 0.3 is 0 Å². The number of benzene rings is 2. The molecule has 174 valence electrons. The van der Waals surface area contributed by atoms with Gasteiger partial charge < -0.3 is 9.73 Å². The largest absolute Gasteiger partial charge is 0.450 e. The van der Waals surface area contributed by atoms with Crippen molar-refractivity contribution in [3.63, 3.8) is 0 Å². The third-order valence-corrected chi connectivity index (χ3v) is 6.99. The Morgan fingerprint density at radius 3 is 2.44 bits per heavy atom. The lowest BCUT2D eigenvalue weighted by atomic mass is 10.0. The van der Waals surface area contributed by atoms with Gasteiger partial charge in [0, 0.05) is 16.7 Å². The molecule has 1 aliphatic heterocycles. The summed E-state index contributed by atoms with van der Waals surface area (Å²) in [5, 5.41) is 2.93. The first-order valence-electron chi connectivity index (χ1n) is 10.8. The summed E-state index contributed by atoms with van der Waals surface area (Å²) < 4.78 is 5.80. The molecule has 3 aromatic rings. The van der Waals surface area contributed by atoms with Crippen LogP contribution >= 0.6 is 23.5 Å². The van der Waals surface area contributed by atoms with Crippen molar-refractivity contribution in [3.05, 3.63) is 82.5 Å². The van der Waals surface area contributed by atoms with Crippen molar-refractivity contribution in [1.82, 2.24) is 4.90 Å². The number of carbonyl (C=O) groups is 3. The van der Waals surface area contributed by atoms with E-state index in [2.05, 4.69) is 19.2 Å². The second-order valence-corrected chi connectivity index (χ2v) is 10.2. The zero-order valence-corrected chi connectivity index (χ0v) is 20.7. The molecule has 3 amide bonds. The minimum Gasteiger partial charge on any atom is -0.450 e. The van der Waals surface area contributed by atoms with Crippen LogP contribution in [-0.2, 0) is 9.59 Å². The second-order valence-electron chi connectivity index (χ2n) is 8.16. The van der Waals surface area contributed by atoms with Crippen molar-refractivity contribution in [1.29, 1.82) is 0 Å². The molecular formula is C26H24N2O4S2. The van der Waals surface area contributed by atoms with Gasteiger partial charge in [-0.1, -0.05) is 55.4 Å². The van der Waals surface area contributed by atoms with Crippen LogP contribution in [0.25, 0.3) is 6.08 Å². The summed E-state index contributed by atoms with van der Waals surface area (Å²) in [6.07, 6.45) is 1.53. The molecule has 0 unspecified atom stereocenters. The predicted molar refractivity (Wildman–Crippen MR) is 136 cm³/mol. The number of nitrogens with zero attached hydrogens (tertiary/aromatic N) is 1. The lowest BCUT2D eigenvalue weighted by molar-refractivity contribution is -0.127. The van der Waals surface area contributed by atoms with Crippen molar-refractivity contribution in [2.24, 2.45) is 0 Å². The highest BCUT2D eigenvalue weighted by atomic mass is 32.2. The lowest BCUT2D eigenvalue weighted by Gasteiger charge is -2.13. The highest BCUT2D eigenvalue weighted by molar-refractivity contribution is 8.18. The third-order valence-electron chi connectivity index (χ3n) is 5.15. The highest BCUT2D eigenvalue weighted by Crippen LogP contribution is 2.34. The van der Waals surface area contributed by atoms with E-state index in [1.807, 2.05) is 61.5 Å². The normalized spacial score (nSPS) is 14.9. The maximum absolute atomic E-state index is 12.7. The summed E-state index contributed by atoms with van der Waals surface area (Å²) in [6, 6.07) is 19.1. The van der Waals surface area contributed by atoms with Crippen LogP contribution in [0.3, 0.4) is 0 Å². The monoisotopic (exact) mass is 492 g/mol. The molecule has 0 spiro atoms. The molecule has 1 saturated heterocycles. The Bertz CT molecular complexity index is 1240. The molecule has 1 N–H and O–H groups in total. The topological polar surface area (TPSA) is 79.6 Å². The summed E-state index contributed by atoms with van der Waals surface area (Å²) in [4.78, 5) is 39.8. The fourth-order valence-electron chi connectivity index (χ4n) is 3.25. The number of nitrogens with one attached hydrogen (secondary N) is 1. The van der Waals surface area contributed by atoms with Gasteiger partial charge in [0.2, 0.25) is 5.91 Å². The van der Waals surface area contributed by atoms with Crippen molar-refractivity contribution >= 4 is 52.3 Å². The van der Waals surface area contributed by atoms with Gasteiger partial charge in [-0.3, -0.25) is 19.3 Å². The first kappa shape index (κ1) is 23.9. The van der Waals surface area contributed by atoms with Crippen LogP contribution in [0, 0.1) is 6.92 Å². The van der Waals surface area contributed by atoms with E-state index in [9.17, 15) is 14.4 Å². The van der Waals surface area contributed by atoms with Gasteiger partial charge in [-0.2, -0.15) is 0 Å². The maximum atomic E-state index is 12.7. The number of imide groups is 1. The van der Waals surface area contributed by atoms with E-state index in [4.69, 9.17) is 4.42 Å². The number of thioether (sulfide) groups is 1. The van der Waals surface area contributed by atoms with Gasteiger partial charge in [0.05, 0.1) is 4.91 Å². The van der Waals surface area contributed by atoms with E-state index >= 15 is 0 Å². The molecule has 2 heterocycles. The van der Waals surface area contributed by atoms with Crippen molar-refractivity contribution in [3.8, 4) is 0 Å². The van der Waals surface area contributed by atoms with E-state index in [1.165, 1.54) is 23.4 Å². The smallest absolute Gasteiger partial charge is 0.294 e. The van der Waals surface area contributed by atoms with Crippen LogP contribution < -0.4 is 5.32 Å². The Hall–Kier alpha value is -3.23. The number of amides is 3. The Balaban J connectivity index is 1.37. The Kier molecular flexibility index (Phi) is 7.29. The predicted octanol–water partition coefficient (Wildman–Crippen LogP) is 6.54. The van der Waals surface area contributed by atoms with Crippen molar-refractivity contribution in [2.75, 3.05) is 11.9 Å². The van der Waals surface area contributed by atoms with Crippen LogP contribution in [0.15, 0.2) is 80.0 Å². The van der Waals surface area contributed by atoms with Gasteiger partial charge in [-0.15, -0.1) is 0 Å². The van der Waals surface area contributed by atoms with Crippen LogP contribution in [0.2, 0.25) is 0 Å². The quantitative estimate of drug-likeness (QED) is 0.377. The van der Waals surface area contributed by atoms with Crippen LogP contribution in [0.4, 0.5) is 10.5 Å². The lowest BCUT2D eigenvalue weighted by Crippen LogP contribution is -2.36. The Labute approximate surface area is 206 Å². The molecule has 0 bridgehead atoms. The summed E-state index contributed by atoms with van der Waals surface area (Å²) in [7, 11) is 0. The van der Waals surface area contributed by atoms with E-state index in [0.29, 0.717) is 22.5 Å². The van der Waals surface area contributed by atoms with E-state index in [0.717, 1.165) is 27.1 Å². The molecule has 2 aromatic carbocycles. The average Bonchev–Trinajstić information content (AvgIpc) is 3.35. The molecular weight excluding hydrogens is 468 g/mol. The number of furan rings is 1. The molecule has 0 aliphatic carbocycles. The summed E-state index contributed by atoms with van der Waals surface area (Å²) in [5.41, 5.74) is 2.96. The van der Waals surface area contributed by atoms with Crippen LogP contribution in [0.5, 0.6) is 0 Å². The fraction of sp³-hybridized carbons (Fsp3) is 0.192. The summed E-state index contributed by atoms with van der Waals surface area (Å²) in [6.45, 7) is 5.86. The van der Waals surface area contributed by atoms with E-state index in [1.54, 1.807) is 6.07 Å². The van der Waals surface area contributed by atoms with E-state index in [-0.39, 0.29) is 11.4 Å². The van der Waals surface area contributed by atoms with Crippen molar-refractivity contribution in [2.45, 2.75) is 36.7 Å². The minimum absolute atomic E-state index is 0.223. The van der Waals surface area contributed by atoms with Crippen molar-refractivity contribution < 1.29 is 18.8 Å². The number of aryl methyl sites for hydroxylation is 1. The maximum Gasteiger partial charge on any atom is 0.294 e. The number of carbonyl (C=O) groups excluding carboxylic acids is 3. The third kappa shape index (κ3) is 5.81. The molecule has 0 radical (unpaired) electrons. The molecule has 34 heavy (non-hydrogen) atoms. The van der Waals surface area contributed by atoms with Crippen LogP contribution in [-0.4, -0.2) is 28.5 Å². The van der Waals surface area contributed by atoms with Gasteiger partial charge in [-0.25, -0.2) is 0 Å². The SMILES string of the molecule is Cc1ccc(Sc2ccc(/C=C3\SC(=O)N(CC(=O)Nc4ccc(C(C)C)cc4)C3=O)o2)cc1. The molecule has 0 saturated carbocycles. The molecule has 1 aliphatic rings. The Morgan fingerprint density at radius 2 is 1.76 bits per heavy atom. The standard InChI is InChI=1S/C26H24N2O4S2/c1-16(2)18-6-8-19(9-7-18)27-23(29)15-28-25(30)22(34-26(28)31)14-20-10-13-24(32-20)33-21-11-4-17(3)5-12-21/h4-14,16H,15H2,1-3H3,(H,27,29)/b22-14-. The number of anilines is 1. The number of hydrogen-bond donors (Lipinski definition) is 1. The fourth-order valence-corrected chi connectivity index (χ4v) is 4.85. The highest BCUT2D eigenvalue weighted by Gasteiger charge is 2.36. The molecule has 6 nitrogen and oxygen atoms in total. The van der Waals surface area contributed by atoms with Gasteiger partial charge in [0.15, 0.2) is 5.09 Å². The first-order chi connectivity index (χ1) is 16.3.